The van der Waals surface area contributed by atoms with E-state index in [1.807, 2.05) is 13.8 Å². The van der Waals surface area contributed by atoms with Gasteiger partial charge in [-0.1, -0.05) is 31.8 Å². The lowest BCUT2D eigenvalue weighted by Gasteiger charge is -2.13. The van der Waals surface area contributed by atoms with Crippen LogP contribution in [-0.4, -0.2) is 33.2 Å². The second-order valence-electron chi connectivity index (χ2n) is 5.07. The number of amides is 1. The normalized spacial score (nSPS) is 12.3. The number of fused-ring (bicyclic) bond motifs is 1. The van der Waals surface area contributed by atoms with Crippen molar-refractivity contribution in [3.63, 3.8) is 0 Å². The summed E-state index contributed by atoms with van der Waals surface area (Å²) in [5.74, 6) is -1.49. The van der Waals surface area contributed by atoms with Gasteiger partial charge in [0, 0.05) is 6.20 Å². The lowest BCUT2D eigenvalue weighted by molar-refractivity contribution is -0.139. The third kappa shape index (κ3) is 3.41. The molecule has 2 N–H and O–H groups in total. The summed E-state index contributed by atoms with van der Waals surface area (Å²) in [7, 11) is 0. The van der Waals surface area contributed by atoms with Crippen LogP contribution in [0.25, 0.3) is 11.1 Å². The molecule has 2 heterocycles. The maximum Gasteiger partial charge on any atom is 0.326 e. The molecule has 1 amide bonds. The molecule has 0 saturated heterocycles. The predicted octanol–water partition coefficient (Wildman–Crippen LogP) is 2.16. The second-order valence-corrected chi connectivity index (χ2v) is 5.07. The quantitative estimate of drug-likeness (QED) is 0.812. The number of carboxylic acids is 1. The number of pyridine rings is 1. The number of unbranched alkanes of at least 4 members (excludes halogenated alkanes) is 1. The number of hydrogen-bond acceptors (Lipinski definition) is 5. The first-order chi connectivity index (χ1) is 10.6. The number of carbonyl (C=O) groups is 2. The number of nitrogens with one attached hydrogen (secondary N) is 1. The zero-order valence-corrected chi connectivity index (χ0v) is 12.6. The molecule has 2 rings (SSSR count). The highest BCUT2D eigenvalue weighted by Gasteiger charge is 2.21. The van der Waals surface area contributed by atoms with Gasteiger partial charge in [0.1, 0.15) is 6.04 Å². The van der Waals surface area contributed by atoms with Gasteiger partial charge in [0.25, 0.3) is 11.6 Å². The number of aryl methyl sites for hydroxylation is 1. The van der Waals surface area contributed by atoms with Gasteiger partial charge in [0.05, 0.1) is 16.6 Å². The van der Waals surface area contributed by atoms with Gasteiger partial charge in [-0.15, -0.1) is 0 Å². The summed E-state index contributed by atoms with van der Waals surface area (Å²) in [6, 6.07) is 0.738. The van der Waals surface area contributed by atoms with Gasteiger partial charge in [-0.3, -0.25) is 4.79 Å². The van der Waals surface area contributed by atoms with Crippen LogP contribution in [0.4, 0.5) is 0 Å². The van der Waals surface area contributed by atoms with E-state index in [4.69, 9.17) is 9.63 Å². The Morgan fingerprint density at radius 3 is 2.82 bits per heavy atom. The molecular formula is C15H19N3O4. The van der Waals surface area contributed by atoms with Crippen molar-refractivity contribution in [2.45, 2.75) is 45.6 Å². The van der Waals surface area contributed by atoms with Crippen LogP contribution >= 0.6 is 0 Å². The van der Waals surface area contributed by atoms with Crippen LogP contribution in [0.15, 0.2) is 16.8 Å². The smallest absolute Gasteiger partial charge is 0.326 e. The van der Waals surface area contributed by atoms with Crippen molar-refractivity contribution in [3.05, 3.63) is 23.5 Å². The first-order valence-electron chi connectivity index (χ1n) is 7.34. The lowest BCUT2D eigenvalue weighted by atomic mass is 10.1. The van der Waals surface area contributed by atoms with Crippen molar-refractivity contribution in [3.8, 4) is 0 Å². The number of aromatic nitrogens is 2. The van der Waals surface area contributed by atoms with E-state index in [0.717, 1.165) is 18.5 Å². The predicted molar refractivity (Wildman–Crippen MR) is 79.6 cm³/mol. The summed E-state index contributed by atoms with van der Waals surface area (Å²) in [6.45, 7) is 3.89. The summed E-state index contributed by atoms with van der Waals surface area (Å²) in [6.07, 6.45) is 4.03. The topological polar surface area (TPSA) is 105 Å². The van der Waals surface area contributed by atoms with E-state index in [1.165, 1.54) is 6.20 Å². The van der Waals surface area contributed by atoms with Crippen molar-refractivity contribution < 1.29 is 19.2 Å². The van der Waals surface area contributed by atoms with Crippen LogP contribution in [0.5, 0.6) is 0 Å². The van der Waals surface area contributed by atoms with E-state index in [0.29, 0.717) is 29.5 Å². The molecule has 0 unspecified atom stereocenters. The van der Waals surface area contributed by atoms with Gasteiger partial charge in [-0.05, 0) is 18.9 Å². The van der Waals surface area contributed by atoms with Gasteiger partial charge in [0.2, 0.25) is 0 Å². The second kappa shape index (κ2) is 7.02. The molecule has 7 nitrogen and oxygen atoms in total. The van der Waals surface area contributed by atoms with Crippen molar-refractivity contribution in [2.75, 3.05) is 0 Å². The Balaban J connectivity index is 2.19. The molecule has 0 aliphatic rings. The highest BCUT2D eigenvalue weighted by atomic mass is 16.5. The minimum absolute atomic E-state index is 0.299. The van der Waals surface area contributed by atoms with Gasteiger partial charge in [-0.25, -0.2) is 9.78 Å². The summed E-state index contributed by atoms with van der Waals surface area (Å²) in [5.41, 5.74) is 1.39. The molecular weight excluding hydrogens is 286 g/mol. The molecule has 0 fully saturated rings. The number of carbonyl (C=O) groups excluding carboxylic acids is 1. The van der Waals surface area contributed by atoms with E-state index in [-0.39, 0.29) is 0 Å². The van der Waals surface area contributed by atoms with Crippen LogP contribution in [0, 0.1) is 0 Å². The molecule has 0 aliphatic heterocycles. The van der Waals surface area contributed by atoms with E-state index in [1.54, 1.807) is 6.07 Å². The third-order valence-electron chi connectivity index (χ3n) is 3.45. The fraction of sp³-hybridized carbons (Fsp3) is 0.467. The molecule has 0 saturated carbocycles. The van der Waals surface area contributed by atoms with E-state index in [2.05, 4.69) is 15.5 Å². The zero-order chi connectivity index (χ0) is 16.1. The molecule has 7 heteroatoms. The zero-order valence-electron chi connectivity index (χ0n) is 12.6. The first-order valence-corrected chi connectivity index (χ1v) is 7.34. The molecule has 1 atom stereocenters. The average molecular weight is 305 g/mol. The van der Waals surface area contributed by atoms with Gasteiger partial charge < -0.3 is 14.9 Å². The minimum atomic E-state index is -1.03. The summed E-state index contributed by atoms with van der Waals surface area (Å²) < 4.78 is 5.06. The maximum absolute atomic E-state index is 12.2. The number of hydrogen-bond donors (Lipinski definition) is 2. The van der Waals surface area contributed by atoms with Gasteiger partial charge >= 0.3 is 5.97 Å². The highest BCUT2D eigenvalue weighted by molar-refractivity contribution is 5.98. The van der Waals surface area contributed by atoms with Crippen molar-refractivity contribution >= 4 is 23.0 Å². The standard InChI is InChI=1S/C15H19N3O4/c1-3-5-6-12(15(20)21)17-13(19)9-7-10-11(4-2)18-22-14(10)16-8-9/h7-8,12H,3-6H2,1-2H3,(H,17,19)(H,20,21)/t12-/m0/s1. The van der Waals surface area contributed by atoms with Crippen LogP contribution in [-0.2, 0) is 11.2 Å². The molecule has 0 spiro atoms. The molecule has 118 valence electrons. The Labute approximate surface area is 127 Å². The average Bonchev–Trinajstić information content (AvgIpc) is 2.92. The minimum Gasteiger partial charge on any atom is -0.480 e. The third-order valence-corrected chi connectivity index (χ3v) is 3.45. The molecule has 0 aromatic carbocycles. The largest absolute Gasteiger partial charge is 0.480 e. The van der Waals surface area contributed by atoms with Crippen LogP contribution < -0.4 is 5.32 Å². The number of aliphatic carboxylic acids is 1. The maximum atomic E-state index is 12.2. The van der Waals surface area contributed by atoms with Crippen LogP contribution in [0.3, 0.4) is 0 Å². The Kier molecular flexibility index (Phi) is 5.08. The highest BCUT2D eigenvalue weighted by Crippen LogP contribution is 2.18. The summed E-state index contributed by atoms with van der Waals surface area (Å²) >= 11 is 0. The lowest BCUT2D eigenvalue weighted by Crippen LogP contribution is -2.40. The number of nitrogens with zero attached hydrogens (tertiary/aromatic N) is 2. The monoisotopic (exact) mass is 305 g/mol. The molecule has 22 heavy (non-hydrogen) atoms. The summed E-state index contributed by atoms with van der Waals surface area (Å²) in [5, 5.41) is 16.3. The van der Waals surface area contributed by atoms with Crippen molar-refractivity contribution in [1.29, 1.82) is 0 Å². The molecule has 2 aromatic heterocycles. The Hall–Kier alpha value is -2.44. The fourth-order valence-corrected chi connectivity index (χ4v) is 2.17. The van der Waals surface area contributed by atoms with E-state index in [9.17, 15) is 9.59 Å². The number of rotatable bonds is 7. The van der Waals surface area contributed by atoms with Crippen LogP contribution in [0.2, 0.25) is 0 Å². The Bertz CT molecular complexity index is 680. The molecule has 0 aliphatic carbocycles. The van der Waals surface area contributed by atoms with Crippen molar-refractivity contribution in [1.82, 2.24) is 15.5 Å². The van der Waals surface area contributed by atoms with Gasteiger partial charge in [-0.2, -0.15) is 0 Å². The fourth-order valence-electron chi connectivity index (χ4n) is 2.17. The Morgan fingerprint density at radius 2 is 2.18 bits per heavy atom. The summed E-state index contributed by atoms with van der Waals surface area (Å²) in [4.78, 5) is 27.5. The molecule has 2 aromatic rings. The van der Waals surface area contributed by atoms with E-state index < -0.39 is 17.9 Å². The molecule has 0 bridgehead atoms. The SMILES string of the molecule is CCCC[C@H](NC(=O)c1cnc2onc(CC)c2c1)C(=O)O. The number of carboxylic acid groups (broad SMARTS) is 1. The molecule has 0 radical (unpaired) electrons. The van der Waals surface area contributed by atoms with Crippen LogP contribution in [0.1, 0.15) is 49.2 Å². The van der Waals surface area contributed by atoms with Gasteiger partial charge in [0.15, 0.2) is 0 Å². The first kappa shape index (κ1) is 15.9. The van der Waals surface area contributed by atoms with Crippen molar-refractivity contribution in [2.24, 2.45) is 0 Å². The van der Waals surface area contributed by atoms with E-state index >= 15 is 0 Å². The Morgan fingerprint density at radius 1 is 1.41 bits per heavy atom.